The lowest BCUT2D eigenvalue weighted by molar-refractivity contribution is -0.114. The minimum Gasteiger partial charge on any atom is -0.457 e. The summed E-state index contributed by atoms with van der Waals surface area (Å²) < 4.78 is 28.6. The number of primary sulfonamides is 1. The molecule has 1 aliphatic heterocycles. The van der Waals surface area contributed by atoms with Gasteiger partial charge < -0.3 is 4.74 Å². The molecule has 0 atom stereocenters. The van der Waals surface area contributed by atoms with Gasteiger partial charge in [-0.1, -0.05) is 30.3 Å². The molecule has 8 heteroatoms. The van der Waals surface area contributed by atoms with Gasteiger partial charge in [0.1, 0.15) is 11.5 Å². The van der Waals surface area contributed by atoms with Gasteiger partial charge in [-0.15, -0.1) is 0 Å². The summed E-state index contributed by atoms with van der Waals surface area (Å²) in [6, 6.07) is 22.5. The lowest BCUT2D eigenvalue weighted by atomic mass is 10.1. The largest absolute Gasteiger partial charge is 0.457 e. The molecule has 3 aromatic carbocycles. The van der Waals surface area contributed by atoms with Crippen molar-refractivity contribution in [1.29, 1.82) is 0 Å². The van der Waals surface area contributed by atoms with Crippen molar-refractivity contribution in [3.63, 3.8) is 0 Å². The number of amides is 1. The first-order chi connectivity index (χ1) is 14.8. The van der Waals surface area contributed by atoms with Crippen molar-refractivity contribution in [3.8, 4) is 11.5 Å². The highest BCUT2D eigenvalue weighted by atomic mass is 32.2. The van der Waals surface area contributed by atoms with Crippen molar-refractivity contribution in [3.05, 3.63) is 90.0 Å². The van der Waals surface area contributed by atoms with E-state index in [1.54, 1.807) is 13.0 Å². The maximum absolute atomic E-state index is 12.9. The summed E-state index contributed by atoms with van der Waals surface area (Å²) in [7, 11) is -3.80. The molecule has 0 aliphatic carbocycles. The van der Waals surface area contributed by atoms with E-state index in [9.17, 15) is 13.2 Å². The number of anilines is 1. The molecule has 0 spiro atoms. The van der Waals surface area contributed by atoms with Crippen LogP contribution in [0.2, 0.25) is 0 Å². The van der Waals surface area contributed by atoms with E-state index in [1.807, 2.05) is 54.6 Å². The highest BCUT2D eigenvalue weighted by molar-refractivity contribution is 7.89. The van der Waals surface area contributed by atoms with E-state index >= 15 is 0 Å². The van der Waals surface area contributed by atoms with Crippen LogP contribution in [0.3, 0.4) is 0 Å². The number of rotatable bonds is 5. The van der Waals surface area contributed by atoms with E-state index < -0.39 is 10.0 Å². The summed E-state index contributed by atoms with van der Waals surface area (Å²) in [6.45, 7) is 1.75. The third-order valence-corrected chi connectivity index (χ3v) is 5.57. The molecule has 0 bridgehead atoms. The Labute approximate surface area is 180 Å². The van der Waals surface area contributed by atoms with E-state index in [-0.39, 0.29) is 10.8 Å². The predicted octanol–water partition coefficient (Wildman–Crippen LogP) is 3.93. The fourth-order valence-corrected chi connectivity index (χ4v) is 3.58. The average molecular weight is 433 g/mol. The monoisotopic (exact) mass is 433 g/mol. The molecule has 7 nitrogen and oxygen atoms in total. The highest BCUT2D eigenvalue weighted by Gasteiger charge is 2.28. The van der Waals surface area contributed by atoms with Crippen LogP contribution in [-0.4, -0.2) is 20.0 Å². The number of benzene rings is 3. The van der Waals surface area contributed by atoms with Gasteiger partial charge >= 0.3 is 0 Å². The number of para-hydroxylation sites is 1. The van der Waals surface area contributed by atoms with E-state index in [2.05, 4.69) is 5.10 Å². The van der Waals surface area contributed by atoms with Crippen molar-refractivity contribution in [1.82, 2.24) is 0 Å². The van der Waals surface area contributed by atoms with Crippen LogP contribution >= 0.6 is 0 Å². The Kier molecular flexibility index (Phi) is 5.41. The SMILES string of the molecule is CC1=NN(c2ccc(S(N)(=O)=O)cc2)C(=O)/C1=C\c1ccc(Oc2ccccc2)cc1. The lowest BCUT2D eigenvalue weighted by Gasteiger charge is -2.12. The molecule has 1 amide bonds. The number of nitrogens with two attached hydrogens (primary N) is 1. The first-order valence-electron chi connectivity index (χ1n) is 9.39. The van der Waals surface area contributed by atoms with Crippen LogP contribution < -0.4 is 14.9 Å². The summed E-state index contributed by atoms with van der Waals surface area (Å²) in [5.41, 5.74) is 2.29. The molecule has 0 radical (unpaired) electrons. The predicted molar refractivity (Wildman–Crippen MR) is 119 cm³/mol. The Hall–Kier alpha value is -3.75. The van der Waals surface area contributed by atoms with E-state index in [1.165, 1.54) is 29.3 Å². The van der Waals surface area contributed by atoms with Crippen molar-refractivity contribution < 1.29 is 17.9 Å². The average Bonchev–Trinajstić information content (AvgIpc) is 3.03. The van der Waals surface area contributed by atoms with Crippen LogP contribution in [0.15, 0.2) is 94.4 Å². The quantitative estimate of drug-likeness (QED) is 0.616. The lowest BCUT2D eigenvalue weighted by Crippen LogP contribution is -2.21. The highest BCUT2D eigenvalue weighted by Crippen LogP contribution is 2.27. The van der Waals surface area contributed by atoms with Crippen LogP contribution in [-0.2, 0) is 14.8 Å². The molecular formula is C23H19N3O4S. The molecule has 0 saturated heterocycles. The van der Waals surface area contributed by atoms with Gasteiger partial charge in [-0.2, -0.15) is 10.1 Å². The molecule has 0 aromatic heterocycles. The fourth-order valence-electron chi connectivity index (χ4n) is 3.06. The Morgan fingerprint density at radius 3 is 2.13 bits per heavy atom. The van der Waals surface area contributed by atoms with Gasteiger partial charge in [0.2, 0.25) is 10.0 Å². The van der Waals surface area contributed by atoms with Crippen molar-refractivity contribution in [2.45, 2.75) is 11.8 Å². The van der Waals surface area contributed by atoms with E-state index in [4.69, 9.17) is 9.88 Å². The molecule has 1 heterocycles. The zero-order chi connectivity index (χ0) is 22.0. The Morgan fingerprint density at radius 1 is 0.903 bits per heavy atom. The van der Waals surface area contributed by atoms with E-state index in [0.717, 1.165) is 11.3 Å². The number of hydrazone groups is 1. The summed E-state index contributed by atoms with van der Waals surface area (Å²) in [4.78, 5) is 12.9. The second-order valence-corrected chi connectivity index (χ2v) is 8.44. The number of hydrogen-bond donors (Lipinski definition) is 1. The molecule has 1 aliphatic rings. The molecule has 3 aromatic rings. The van der Waals surface area contributed by atoms with Gasteiger partial charge in [0.05, 0.1) is 21.9 Å². The number of hydrogen-bond acceptors (Lipinski definition) is 5. The Bertz CT molecular complexity index is 1280. The molecule has 0 saturated carbocycles. The third kappa shape index (κ3) is 4.55. The summed E-state index contributed by atoms with van der Waals surface area (Å²) in [5.74, 6) is 1.13. The first-order valence-corrected chi connectivity index (χ1v) is 10.9. The maximum atomic E-state index is 12.9. The van der Waals surface area contributed by atoms with Crippen LogP contribution in [0.5, 0.6) is 11.5 Å². The van der Waals surface area contributed by atoms with Gasteiger partial charge in [-0.05, 0) is 67.1 Å². The van der Waals surface area contributed by atoms with Crippen molar-refractivity contribution in [2.75, 3.05) is 5.01 Å². The smallest absolute Gasteiger partial charge is 0.280 e. The van der Waals surface area contributed by atoms with Gasteiger partial charge in [-0.3, -0.25) is 4.79 Å². The summed E-state index contributed by atoms with van der Waals surface area (Å²) >= 11 is 0. The summed E-state index contributed by atoms with van der Waals surface area (Å²) in [5, 5.41) is 10.7. The number of carbonyl (C=O) groups is 1. The molecule has 2 N–H and O–H groups in total. The minimum atomic E-state index is -3.80. The van der Waals surface area contributed by atoms with Gasteiger partial charge in [-0.25, -0.2) is 13.6 Å². The van der Waals surface area contributed by atoms with Crippen LogP contribution in [0.1, 0.15) is 12.5 Å². The first kappa shape index (κ1) is 20.5. The third-order valence-electron chi connectivity index (χ3n) is 4.64. The molecular weight excluding hydrogens is 414 g/mol. The van der Waals surface area contributed by atoms with Crippen molar-refractivity contribution >= 4 is 33.4 Å². The Morgan fingerprint density at radius 2 is 1.52 bits per heavy atom. The minimum absolute atomic E-state index is 0.0304. The second-order valence-electron chi connectivity index (χ2n) is 6.88. The molecule has 31 heavy (non-hydrogen) atoms. The van der Waals surface area contributed by atoms with Gasteiger partial charge in [0.15, 0.2) is 0 Å². The maximum Gasteiger partial charge on any atom is 0.280 e. The van der Waals surface area contributed by atoms with Crippen LogP contribution in [0.25, 0.3) is 6.08 Å². The summed E-state index contributed by atoms with van der Waals surface area (Å²) in [6.07, 6.45) is 1.76. The fraction of sp³-hybridized carbons (Fsp3) is 0.0435. The molecule has 4 rings (SSSR count). The van der Waals surface area contributed by atoms with Crippen molar-refractivity contribution in [2.24, 2.45) is 10.2 Å². The number of ether oxygens (including phenoxy) is 1. The number of nitrogens with zero attached hydrogens (tertiary/aromatic N) is 2. The van der Waals surface area contributed by atoms with Crippen LogP contribution in [0.4, 0.5) is 5.69 Å². The normalized spacial score (nSPS) is 15.3. The van der Waals surface area contributed by atoms with E-state index in [0.29, 0.717) is 22.7 Å². The molecule has 0 unspecified atom stereocenters. The molecule has 156 valence electrons. The van der Waals surface area contributed by atoms with Gasteiger partial charge in [0, 0.05) is 0 Å². The number of carbonyl (C=O) groups excluding carboxylic acids is 1. The van der Waals surface area contributed by atoms with Crippen LogP contribution in [0, 0.1) is 0 Å². The topological polar surface area (TPSA) is 102 Å². The zero-order valence-corrected chi connectivity index (χ0v) is 17.4. The zero-order valence-electron chi connectivity index (χ0n) is 16.6. The van der Waals surface area contributed by atoms with Gasteiger partial charge in [0.25, 0.3) is 5.91 Å². The molecule has 0 fully saturated rings. The second kappa shape index (κ2) is 8.17. The standard InChI is InChI=1S/C23H19N3O4S/c1-16-22(15-17-7-11-20(12-8-17)30-19-5-3-2-4-6-19)23(27)26(25-16)18-9-13-21(14-10-18)31(24,28)29/h2-15H,1H3,(H2,24,28,29)/b22-15-. The number of sulfonamides is 1. The Balaban J connectivity index is 1.52.